The van der Waals surface area contributed by atoms with Crippen molar-refractivity contribution in [3.8, 4) is 5.75 Å². The molecule has 5 heteroatoms. The highest BCUT2D eigenvalue weighted by molar-refractivity contribution is 5.32. The van der Waals surface area contributed by atoms with Crippen LogP contribution in [0.4, 0.5) is 0 Å². The normalized spacial score (nSPS) is 23.2. The van der Waals surface area contributed by atoms with Crippen molar-refractivity contribution in [2.24, 2.45) is 0 Å². The highest BCUT2D eigenvalue weighted by Crippen LogP contribution is 2.17. The number of nitrogens with one attached hydrogen (secondary N) is 1. The molecule has 0 amide bonds. The molecule has 0 bridgehead atoms. The van der Waals surface area contributed by atoms with Crippen LogP contribution >= 0.6 is 0 Å². The summed E-state index contributed by atoms with van der Waals surface area (Å²) in [6.45, 7) is 2.59. The Morgan fingerprint density at radius 3 is 2.91 bits per heavy atom. The van der Waals surface area contributed by atoms with Crippen LogP contribution in [0.25, 0.3) is 0 Å². The molecule has 0 radical (unpaired) electrons. The molecular formula is C17H28NO4+. The van der Waals surface area contributed by atoms with Gasteiger partial charge in [0.05, 0.1) is 33.5 Å². The maximum absolute atomic E-state index is 10.2. The molecule has 1 heterocycles. The Labute approximate surface area is 132 Å². The van der Waals surface area contributed by atoms with Crippen molar-refractivity contribution in [3.63, 3.8) is 0 Å². The van der Waals surface area contributed by atoms with Gasteiger partial charge in [0, 0.05) is 12.0 Å². The largest absolute Gasteiger partial charge is 0.496 e. The lowest BCUT2D eigenvalue weighted by Crippen LogP contribution is -3.18. The molecule has 0 aliphatic carbocycles. The van der Waals surface area contributed by atoms with E-state index in [9.17, 15) is 10.2 Å². The molecule has 0 aromatic heterocycles. The SMILES string of the molecule is COc1ccccc1COC[C@@H](O)C[NH+]1CCCC[C@@H]1CO. The number of benzene rings is 1. The number of ether oxygens (including phenoxy) is 2. The summed E-state index contributed by atoms with van der Waals surface area (Å²) in [4.78, 5) is 1.29. The molecule has 1 fully saturated rings. The molecule has 0 saturated carbocycles. The van der Waals surface area contributed by atoms with Gasteiger partial charge in [-0.15, -0.1) is 0 Å². The summed E-state index contributed by atoms with van der Waals surface area (Å²) in [5, 5.41) is 19.6. The van der Waals surface area contributed by atoms with E-state index in [0.717, 1.165) is 24.3 Å². The fourth-order valence-electron chi connectivity index (χ4n) is 3.13. The van der Waals surface area contributed by atoms with E-state index in [4.69, 9.17) is 9.47 Å². The molecule has 1 aromatic rings. The van der Waals surface area contributed by atoms with E-state index in [2.05, 4.69) is 0 Å². The Kier molecular flexibility index (Phi) is 7.12. The predicted octanol–water partition coefficient (Wildman–Crippen LogP) is 0.00240. The first kappa shape index (κ1) is 17.2. The Morgan fingerprint density at radius 2 is 2.14 bits per heavy atom. The molecule has 1 aliphatic rings. The van der Waals surface area contributed by atoms with Gasteiger partial charge in [-0.2, -0.15) is 0 Å². The van der Waals surface area contributed by atoms with E-state index >= 15 is 0 Å². The zero-order valence-electron chi connectivity index (χ0n) is 13.3. The minimum absolute atomic E-state index is 0.199. The predicted molar refractivity (Wildman–Crippen MR) is 84.1 cm³/mol. The average Bonchev–Trinajstić information content (AvgIpc) is 2.55. The summed E-state index contributed by atoms with van der Waals surface area (Å²) in [6, 6.07) is 7.99. The van der Waals surface area contributed by atoms with Crippen molar-refractivity contribution in [2.45, 2.75) is 38.0 Å². The van der Waals surface area contributed by atoms with E-state index in [1.807, 2.05) is 24.3 Å². The zero-order valence-corrected chi connectivity index (χ0v) is 13.3. The number of methoxy groups -OCH3 is 1. The van der Waals surface area contributed by atoms with Gasteiger partial charge in [0.15, 0.2) is 0 Å². The van der Waals surface area contributed by atoms with Gasteiger partial charge >= 0.3 is 0 Å². The highest BCUT2D eigenvalue weighted by atomic mass is 16.5. The lowest BCUT2D eigenvalue weighted by atomic mass is 10.0. The highest BCUT2D eigenvalue weighted by Gasteiger charge is 2.27. The number of rotatable bonds is 8. The van der Waals surface area contributed by atoms with Crippen LogP contribution in [0.2, 0.25) is 0 Å². The van der Waals surface area contributed by atoms with Crippen LogP contribution < -0.4 is 9.64 Å². The zero-order chi connectivity index (χ0) is 15.8. The van der Waals surface area contributed by atoms with Crippen LogP contribution in [0.3, 0.4) is 0 Å². The van der Waals surface area contributed by atoms with Crippen molar-refractivity contribution >= 4 is 0 Å². The minimum Gasteiger partial charge on any atom is -0.496 e. The van der Waals surface area contributed by atoms with E-state index in [-0.39, 0.29) is 12.6 Å². The van der Waals surface area contributed by atoms with Crippen LogP contribution in [0, 0.1) is 0 Å². The molecule has 0 spiro atoms. The number of aliphatic hydroxyl groups excluding tert-OH is 2. The molecule has 3 N–H and O–H groups in total. The second-order valence-electron chi connectivity index (χ2n) is 5.97. The summed E-state index contributed by atoms with van der Waals surface area (Å²) in [5.74, 6) is 0.805. The van der Waals surface area contributed by atoms with Crippen molar-refractivity contribution in [2.75, 3.05) is 33.4 Å². The number of para-hydroxylation sites is 1. The summed E-state index contributed by atoms with van der Waals surface area (Å²) >= 11 is 0. The van der Waals surface area contributed by atoms with Crippen molar-refractivity contribution in [3.05, 3.63) is 29.8 Å². The van der Waals surface area contributed by atoms with Gasteiger partial charge in [-0.3, -0.25) is 0 Å². The Bertz CT molecular complexity index is 440. The molecule has 1 aromatic carbocycles. The fraction of sp³-hybridized carbons (Fsp3) is 0.647. The van der Waals surface area contributed by atoms with Gasteiger partial charge in [0.2, 0.25) is 0 Å². The lowest BCUT2D eigenvalue weighted by Gasteiger charge is -2.32. The second-order valence-corrected chi connectivity index (χ2v) is 5.97. The average molecular weight is 310 g/mol. The number of likely N-dealkylation sites (tertiary alicyclic amines) is 1. The van der Waals surface area contributed by atoms with Crippen LogP contribution in [0.15, 0.2) is 24.3 Å². The number of piperidine rings is 1. The number of aliphatic hydroxyl groups is 2. The summed E-state index contributed by atoms with van der Waals surface area (Å²) in [7, 11) is 1.64. The first-order valence-electron chi connectivity index (χ1n) is 8.07. The smallest absolute Gasteiger partial charge is 0.126 e. The number of hydrogen-bond donors (Lipinski definition) is 3. The summed E-state index contributed by atoms with van der Waals surface area (Å²) in [5.41, 5.74) is 0.982. The Balaban J connectivity index is 1.74. The quantitative estimate of drug-likeness (QED) is 0.633. The van der Waals surface area contributed by atoms with Gasteiger partial charge in [-0.25, -0.2) is 0 Å². The minimum atomic E-state index is -0.503. The monoisotopic (exact) mass is 310 g/mol. The molecule has 2 rings (SSSR count). The van der Waals surface area contributed by atoms with Crippen molar-refractivity contribution in [1.82, 2.24) is 0 Å². The Morgan fingerprint density at radius 1 is 1.32 bits per heavy atom. The molecule has 1 saturated heterocycles. The van der Waals surface area contributed by atoms with Crippen LogP contribution in [-0.4, -0.2) is 55.8 Å². The first-order valence-corrected chi connectivity index (χ1v) is 8.07. The van der Waals surface area contributed by atoms with E-state index < -0.39 is 6.10 Å². The molecule has 22 heavy (non-hydrogen) atoms. The molecule has 124 valence electrons. The molecule has 3 atom stereocenters. The first-order chi connectivity index (χ1) is 10.7. The maximum atomic E-state index is 10.2. The van der Waals surface area contributed by atoms with Gasteiger partial charge in [0.25, 0.3) is 0 Å². The molecular weight excluding hydrogens is 282 g/mol. The third-order valence-electron chi connectivity index (χ3n) is 4.36. The number of quaternary nitrogens is 1. The topological polar surface area (TPSA) is 63.4 Å². The maximum Gasteiger partial charge on any atom is 0.126 e. The summed E-state index contributed by atoms with van der Waals surface area (Å²) < 4.78 is 10.9. The van der Waals surface area contributed by atoms with Gasteiger partial charge < -0.3 is 24.6 Å². The summed E-state index contributed by atoms with van der Waals surface area (Å²) in [6.07, 6.45) is 2.88. The third-order valence-corrected chi connectivity index (χ3v) is 4.36. The van der Waals surface area contributed by atoms with Gasteiger partial charge in [0.1, 0.15) is 24.4 Å². The van der Waals surface area contributed by atoms with E-state index in [1.165, 1.54) is 17.7 Å². The van der Waals surface area contributed by atoms with E-state index in [1.54, 1.807) is 7.11 Å². The van der Waals surface area contributed by atoms with Crippen LogP contribution in [0.1, 0.15) is 24.8 Å². The van der Waals surface area contributed by atoms with Crippen LogP contribution in [-0.2, 0) is 11.3 Å². The molecule has 5 nitrogen and oxygen atoms in total. The standard InChI is InChI=1S/C17H27NO4/c1-21-17-8-3-2-6-14(17)12-22-13-16(20)10-18-9-5-4-7-15(18)11-19/h2-3,6,8,15-16,19-20H,4-5,7,9-13H2,1H3/p+1/t15-,16+/m1/s1. The van der Waals surface area contributed by atoms with Gasteiger partial charge in [-0.05, 0) is 18.9 Å². The van der Waals surface area contributed by atoms with Crippen molar-refractivity contribution in [1.29, 1.82) is 0 Å². The third kappa shape index (κ3) is 4.95. The van der Waals surface area contributed by atoms with Gasteiger partial charge in [-0.1, -0.05) is 18.2 Å². The Hall–Kier alpha value is -1.14. The fourth-order valence-corrected chi connectivity index (χ4v) is 3.13. The number of hydrogen-bond acceptors (Lipinski definition) is 4. The van der Waals surface area contributed by atoms with Crippen LogP contribution in [0.5, 0.6) is 5.75 Å². The molecule has 1 unspecified atom stereocenters. The lowest BCUT2D eigenvalue weighted by molar-refractivity contribution is -0.934. The van der Waals surface area contributed by atoms with E-state index in [0.29, 0.717) is 19.8 Å². The van der Waals surface area contributed by atoms with Crippen molar-refractivity contribution < 1.29 is 24.6 Å². The molecule has 1 aliphatic heterocycles. The second kappa shape index (κ2) is 9.10.